The average Bonchev–Trinajstić information content (AvgIpc) is 2.62. The van der Waals surface area contributed by atoms with Gasteiger partial charge in [0.15, 0.2) is 0 Å². The molecule has 0 bridgehead atoms. The molecule has 0 aliphatic rings. The minimum Gasteiger partial charge on any atom is -0.494 e. The molecule has 0 fully saturated rings. The van der Waals surface area contributed by atoms with Crippen LogP contribution in [0.25, 0.3) is 0 Å². The first-order valence-electron chi connectivity index (χ1n) is 6.87. The van der Waals surface area contributed by atoms with E-state index in [1.165, 1.54) is 14.2 Å². The number of methoxy groups -OCH3 is 2. The second kappa shape index (κ2) is 8.32. The highest BCUT2D eigenvalue weighted by atomic mass is 16.6. The topological polar surface area (TPSA) is 111 Å². The zero-order chi connectivity index (χ0) is 17.4. The van der Waals surface area contributed by atoms with Gasteiger partial charge in [-0.15, -0.1) is 10.2 Å². The number of nitrogens with zero attached hydrogens (tertiary/aromatic N) is 5. The first-order valence-corrected chi connectivity index (χ1v) is 6.87. The van der Waals surface area contributed by atoms with Crippen molar-refractivity contribution in [3.05, 3.63) is 58.6 Å². The summed E-state index contributed by atoms with van der Waals surface area (Å²) in [6.45, 7) is 0. The summed E-state index contributed by atoms with van der Waals surface area (Å²) in [5, 5.41) is 26.0. The van der Waals surface area contributed by atoms with E-state index in [2.05, 4.69) is 20.5 Å². The van der Waals surface area contributed by atoms with Crippen LogP contribution >= 0.6 is 0 Å². The van der Waals surface area contributed by atoms with Crippen molar-refractivity contribution in [3.63, 3.8) is 0 Å². The maximum atomic E-state index is 11.1. The average molecular weight is 329 g/mol. The Morgan fingerprint density at radius 3 is 1.67 bits per heavy atom. The first kappa shape index (κ1) is 17.0. The lowest BCUT2D eigenvalue weighted by atomic mass is 10.3. The molecule has 0 N–H and O–H groups in total. The second-order valence-electron chi connectivity index (χ2n) is 4.41. The number of azo groups is 2. The molecule has 2 aromatic rings. The Balaban J connectivity index is 2.22. The molecule has 0 amide bonds. The molecule has 124 valence electrons. The maximum Gasteiger partial charge on any atom is 0.436 e. The van der Waals surface area contributed by atoms with Crippen LogP contribution in [0.1, 0.15) is 0 Å². The van der Waals surface area contributed by atoms with E-state index in [0.717, 1.165) is 0 Å². The largest absolute Gasteiger partial charge is 0.494 e. The van der Waals surface area contributed by atoms with Crippen LogP contribution in [0.2, 0.25) is 0 Å². The summed E-state index contributed by atoms with van der Waals surface area (Å²) in [5.41, 5.74) is 0.721. The lowest BCUT2D eigenvalue weighted by Gasteiger charge is -2.03. The highest BCUT2D eigenvalue weighted by molar-refractivity contribution is 5.51. The Kier molecular flexibility index (Phi) is 5.89. The van der Waals surface area contributed by atoms with Gasteiger partial charge >= 0.3 is 6.29 Å². The molecule has 0 spiro atoms. The molecule has 0 unspecified atom stereocenters. The van der Waals surface area contributed by atoms with E-state index in [9.17, 15) is 10.1 Å². The fraction of sp³-hybridized carbons (Fsp3) is 0.200. The van der Waals surface area contributed by atoms with Crippen molar-refractivity contribution in [2.45, 2.75) is 6.29 Å². The van der Waals surface area contributed by atoms with E-state index >= 15 is 0 Å². The van der Waals surface area contributed by atoms with Crippen molar-refractivity contribution in [1.82, 2.24) is 0 Å². The standard InChI is InChI=1S/C15H15N5O4/c1-23-13-9-5-3-7-11(13)16-18-15(20(21)22)19-17-12-8-4-6-10-14(12)24-2/h3-10,15H,1-2H3. The molecule has 0 aliphatic heterocycles. The Morgan fingerprint density at radius 2 is 1.29 bits per heavy atom. The van der Waals surface area contributed by atoms with Crippen LogP contribution in [-0.4, -0.2) is 25.4 Å². The highest BCUT2D eigenvalue weighted by Gasteiger charge is 2.18. The van der Waals surface area contributed by atoms with Crippen LogP contribution in [0, 0.1) is 10.1 Å². The van der Waals surface area contributed by atoms with Crippen LogP contribution in [-0.2, 0) is 0 Å². The molecule has 0 radical (unpaired) electrons. The third-order valence-corrected chi connectivity index (χ3v) is 2.90. The van der Waals surface area contributed by atoms with Gasteiger partial charge in [0, 0.05) is 0 Å². The lowest BCUT2D eigenvalue weighted by molar-refractivity contribution is -0.520. The summed E-state index contributed by atoms with van der Waals surface area (Å²) in [5.74, 6) is 0.898. The van der Waals surface area contributed by atoms with Gasteiger partial charge in [-0.1, -0.05) is 34.5 Å². The monoisotopic (exact) mass is 329 g/mol. The number of rotatable bonds is 7. The molecule has 0 heterocycles. The van der Waals surface area contributed by atoms with Crippen molar-refractivity contribution >= 4 is 11.4 Å². The summed E-state index contributed by atoms with van der Waals surface area (Å²) < 4.78 is 10.2. The quantitative estimate of drug-likeness (QED) is 0.432. The summed E-state index contributed by atoms with van der Waals surface area (Å²) in [7, 11) is 2.95. The predicted octanol–water partition coefficient (Wildman–Crippen LogP) is 4.13. The third-order valence-electron chi connectivity index (χ3n) is 2.90. The predicted molar refractivity (Wildman–Crippen MR) is 85.8 cm³/mol. The van der Waals surface area contributed by atoms with Crippen molar-refractivity contribution in [3.8, 4) is 11.5 Å². The highest BCUT2D eigenvalue weighted by Crippen LogP contribution is 2.28. The van der Waals surface area contributed by atoms with Gasteiger partial charge in [0.1, 0.15) is 22.9 Å². The van der Waals surface area contributed by atoms with Gasteiger partial charge in [0.25, 0.3) is 0 Å². The first-order chi connectivity index (χ1) is 11.7. The van der Waals surface area contributed by atoms with Crippen LogP contribution in [0.4, 0.5) is 11.4 Å². The molecule has 0 saturated heterocycles. The molecule has 9 heteroatoms. The second-order valence-corrected chi connectivity index (χ2v) is 4.41. The number of para-hydroxylation sites is 2. The number of nitro groups is 1. The van der Waals surface area contributed by atoms with Gasteiger partial charge < -0.3 is 9.47 Å². The molecule has 0 aromatic heterocycles. The lowest BCUT2D eigenvalue weighted by Crippen LogP contribution is -2.12. The fourth-order valence-electron chi connectivity index (χ4n) is 1.76. The zero-order valence-electron chi connectivity index (χ0n) is 13.1. The molecule has 24 heavy (non-hydrogen) atoms. The molecule has 0 aliphatic carbocycles. The number of benzene rings is 2. The summed E-state index contributed by atoms with van der Waals surface area (Å²) >= 11 is 0. The SMILES string of the molecule is COc1ccccc1N=NC(N=Nc1ccccc1OC)[N+](=O)[O-]. The van der Waals surface area contributed by atoms with E-state index in [1.807, 2.05) is 0 Å². The molecular formula is C15H15N5O4. The minimum absolute atomic E-state index is 0.361. The molecule has 0 atom stereocenters. The Bertz CT molecular complexity index is 706. The third kappa shape index (κ3) is 4.32. The van der Waals surface area contributed by atoms with Gasteiger partial charge in [0.2, 0.25) is 0 Å². The molecule has 9 nitrogen and oxygen atoms in total. The maximum absolute atomic E-state index is 11.1. The zero-order valence-corrected chi connectivity index (χ0v) is 13.1. The minimum atomic E-state index is -1.67. The summed E-state index contributed by atoms with van der Waals surface area (Å²) in [6.07, 6.45) is -1.67. The number of hydrogen-bond acceptors (Lipinski definition) is 8. The van der Waals surface area contributed by atoms with Gasteiger partial charge in [-0.05, 0) is 24.3 Å². The molecule has 2 rings (SSSR count). The van der Waals surface area contributed by atoms with Gasteiger partial charge in [-0.2, -0.15) is 0 Å². The number of ether oxygens (including phenoxy) is 2. The van der Waals surface area contributed by atoms with E-state index in [-0.39, 0.29) is 0 Å². The summed E-state index contributed by atoms with van der Waals surface area (Å²) in [6, 6.07) is 13.5. The smallest absolute Gasteiger partial charge is 0.436 e. The van der Waals surface area contributed by atoms with Crippen LogP contribution in [0.5, 0.6) is 11.5 Å². The Labute approximate surface area is 137 Å². The van der Waals surface area contributed by atoms with Crippen molar-refractivity contribution in [2.24, 2.45) is 20.5 Å². The van der Waals surface area contributed by atoms with E-state index in [0.29, 0.717) is 22.9 Å². The summed E-state index contributed by atoms with van der Waals surface area (Å²) in [4.78, 5) is 10.4. The molecular weight excluding hydrogens is 314 g/mol. The van der Waals surface area contributed by atoms with Gasteiger partial charge in [0.05, 0.1) is 19.1 Å². The van der Waals surface area contributed by atoms with Gasteiger partial charge in [-0.3, -0.25) is 10.1 Å². The van der Waals surface area contributed by atoms with Crippen molar-refractivity contribution in [2.75, 3.05) is 14.2 Å². The van der Waals surface area contributed by atoms with Crippen LogP contribution < -0.4 is 9.47 Å². The van der Waals surface area contributed by atoms with E-state index in [1.54, 1.807) is 48.5 Å². The molecule has 0 saturated carbocycles. The van der Waals surface area contributed by atoms with Crippen LogP contribution in [0.3, 0.4) is 0 Å². The van der Waals surface area contributed by atoms with E-state index < -0.39 is 11.2 Å². The number of hydrogen-bond donors (Lipinski definition) is 0. The molecule has 2 aromatic carbocycles. The normalized spacial score (nSPS) is 12.4. The Morgan fingerprint density at radius 1 is 0.875 bits per heavy atom. The Hall–Kier alpha value is -3.36. The van der Waals surface area contributed by atoms with E-state index in [4.69, 9.17) is 9.47 Å². The van der Waals surface area contributed by atoms with Crippen molar-refractivity contribution in [1.29, 1.82) is 0 Å². The fourth-order valence-corrected chi connectivity index (χ4v) is 1.76. The van der Waals surface area contributed by atoms with Crippen molar-refractivity contribution < 1.29 is 14.4 Å². The van der Waals surface area contributed by atoms with Crippen LogP contribution in [0.15, 0.2) is 69.0 Å². The van der Waals surface area contributed by atoms with Gasteiger partial charge in [-0.25, -0.2) is 0 Å².